The predicted molar refractivity (Wildman–Crippen MR) is 72.7 cm³/mol. The number of nitrogens with two attached hydrogens (primary N) is 1. The molecule has 3 nitrogen and oxygen atoms in total. The molecular formula is C11H19BrN2OS. The Morgan fingerprint density at radius 1 is 1.62 bits per heavy atom. The van der Waals surface area contributed by atoms with Gasteiger partial charge in [-0.2, -0.15) is 0 Å². The van der Waals surface area contributed by atoms with Gasteiger partial charge in [-0.25, -0.2) is 0 Å². The highest BCUT2D eigenvalue weighted by atomic mass is 79.9. The van der Waals surface area contributed by atoms with Crippen LogP contribution in [0.25, 0.3) is 0 Å². The number of thiophene rings is 1. The Morgan fingerprint density at radius 3 is 2.81 bits per heavy atom. The first-order valence-electron chi connectivity index (χ1n) is 5.52. The Bertz CT molecular complexity index is 306. The maximum atomic E-state index is 8.95. The van der Waals surface area contributed by atoms with Crippen LogP contribution < -0.4 is 11.1 Å². The fourth-order valence-electron chi connectivity index (χ4n) is 1.62. The van der Waals surface area contributed by atoms with Crippen molar-refractivity contribution in [1.29, 1.82) is 0 Å². The lowest BCUT2D eigenvalue weighted by atomic mass is 10.1. The van der Waals surface area contributed by atoms with Crippen LogP contribution in [0.1, 0.15) is 30.7 Å². The summed E-state index contributed by atoms with van der Waals surface area (Å²) < 4.78 is 1.10. The molecule has 92 valence electrons. The van der Waals surface area contributed by atoms with Gasteiger partial charge in [0.2, 0.25) is 0 Å². The third-order valence-electron chi connectivity index (χ3n) is 2.57. The minimum Gasteiger partial charge on any atom is -0.396 e. The van der Waals surface area contributed by atoms with Crippen molar-refractivity contribution in [2.75, 3.05) is 13.2 Å². The van der Waals surface area contributed by atoms with Crippen molar-refractivity contribution in [2.45, 2.75) is 31.8 Å². The van der Waals surface area contributed by atoms with E-state index in [1.165, 1.54) is 4.88 Å². The summed E-state index contributed by atoms with van der Waals surface area (Å²) in [5, 5.41) is 14.5. The van der Waals surface area contributed by atoms with Crippen molar-refractivity contribution in [1.82, 2.24) is 5.32 Å². The van der Waals surface area contributed by atoms with Crippen molar-refractivity contribution >= 4 is 27.3 Å². The first kappa shape index (κ1) is 14.1. The van der Waals surface area contributed by atoms with Gasteiger partial charge in [0, 0.05) is 33.9 Å². The number of aliphatic hydroxyl groups is 1. The average Bonchev–Trinajstić information content (AvgIpc) is 2.71. The SMILES string of the molecule is CCC(CCO)NC(CN)c1cc(Br)cs1. The molecule has 2 unspecified atom stereocenters. The van der Waals surface area contributed by atoms with Gasteiger partial charge in [-0.05, 0) is 34.8 Å². The van der Waals surface area contributed by atoms with Crippen LogP contribution in [0.5, 0.6) is 0 Å². The van der Waals surface area contributed by atoms with E-state index in [1.54, 1.807) is 11.3 Å². The second-order valence-electron chi connectivity index (χ2n) is 3.74. The highest BCUT2D eigenvalue weighted by molar-refractivity contribution is 9.10. The summed E-state index contributed by atoms with van der Waals surface area (Å²) in [5.74, 6) is 0. The molecule has 5 heteroatoms. The average molecular weight is 307 g/mol. The van der Waals surface area contributed by atoms with Crippen molar-refractivity contribution in [3.05, 3.63) is 20.8 Å². The number of halogens is 1. The lowest BCUT2D eigenvalue weighted by Gasteiger charge is -2.22. The van der Waals surface area contributed by atoms with E-state index in [9.17, 15) is 0 Å². The zero-order valence-electron chi connectivity index (χ0n) is 9.45. The normalized spacial score (nSPS) is 15.0. The molecule has 0 aliphatic heterocycles. The lowest BCUT2D eigenvalue weighted by molar-refractivity contribution is 0.256. The summed E-state index contributed by atoms with van der Waals surface area (Å²) in [6.07, 6.45) is 1.78. The first-order chi connectivity index (χ1) is 7.71. The van der Waals surface area contributed by atoms with Crippen LogP contribution >= 0.6 is 27.3 Å². The number of nitrogens with one attached hydrogen (secondary N) is 1. The number of rotatable bonds is 7. The van der Waals surface area contributed by atoms with Gasteiger partial charge in [0.1, 0.15) is 0 Å². The molecule has 0 aliphatic rings. The molecule has 0 saturated carbocycles. The van der Waals surface area contributed by atoms with Gasteiger partial charge in [0.15, 0.2) is 0 Å². The number of aliphatic hydroxyl groups excluding tert-OH is 1. The van der Waals surface area contributed by atoms with Gasteiger partial charge >= 0.3 is 0 Å². The fraction of sp³-hybridized carbons (Fsp3) is 0.636. The fourth-order valence-corrected chi connectivity index (χ4v) is 3.14. The molecule has 4 N–H and O–H groups in total. The van der Waals surface area contributed by atoms with E-state index in [4.69, 9.17) is 10.8 Å². The molecule has 16 heavy (non-hydrogen) atoms. The molecule has 0 spiro atoms. The van der Waals surface area contributed by atoms with E-state index >= 15 is 0 Å². The Hall–Kier alpha value is 0.0600. The summed E-state index contributed by atoms with van der Waals surface area (Å²) in [5.41, 5.74) is 5.78. The molecule has 1 rings (SSSR count). The van der Waals surface area contributed by atoms with Gasteiger partial charge in [0.25, 0.3) is 0 Å². The van der Waals surface area contributed by atoms with Crippen LogP contribution in [0.2, 0.25) is 0 Å². The Balaban J connectivity index is 2.60. The van der Waals surface area contributed by atoms with Crippen LogP contribution in [0.15, 0.2) is 15.9 Å². The lowest BCUT2D eigenvalue weighted by Crippen LogP contribution is -2.36. The van der Waals surface area contributed by atoms with Gasteiger partial charge in [-0.3, -0.25) is 0 Å². The molecule has 1 heterocycles. The minimum atomic E-state index is 0.188. The summed E-state index contributed by atoms with van der Waals surface area (Å²) in [4.78, 5) is 1.24. The van der Waals surface area contributed by atoms with Crippen molar-refractivity contribution in [3.8, 4) is 0 Å². The molecule has 0 amide bonds. The molecule has 0 aromatic carbocycles. The van der Waals surface area contributed by atoms with Crippen LogP contribution in [0, 0.1) is 0 Å². The molecule has 1 aromatic rings. The van der Waals surface area contributed by atoms with Crippen molar-refractivity contribution < 1.29 is 5.11 Å². The third kappa shape index (κ3) is 4.14. The predicted octanol–water partition coefficient (Wildman–Crippen LogP) is 2.26. The van der Waals surface area contributed by atoms with E-state index in [0.717, 1.165) is 17.3 Å². The molecule has 0 radical (unpaired) electrons. The Labute approximate surface area is 109 Å². The quantitative estimate of drug-likeness (QED) is 0.724. The molecule has 2 atom stereocenters. The standard InChI is InChI=1S/C11H19BrN2OS/c1-2-9(3-4-15)14-10(6-13)11-5-8(12)7-16-11/h5,7,9-10,14-15H,2-4,6,13H2,1H3. The van der Waals surface area contributed by atoms with Gasteiger partial charge < -0.3 is 16.2 Å². The zero-order valence-corrected chi connectivity index (χ0v) is 11.9. The van der Waals surface area contributed by atoms with Crippen LogP contribution in [-0.4, -0.2) is 24.3 Å². The topological polar surface area (TPSA) is 58.3 Å². The Morgan fingerprint density at radius 2 is 2.38 bits per heavy atom. The summed E-state index contributed by atoms with van der Waals surface area (Å²) in [7, 11) is 0. The molecule has 0 fully saturated rings. The third-order valence-corrected chi connectivity index (χ3v) is 4.38. The number of hydrogen-bond donors (Lipinski definition) is 3. The largest absolute Gasteiger partial charge is 0.396 e. The van der Waals surface area contributed by atoms with E-state index in [2.05, 4.69) is 39.6 Å². The minimum absolute atomic E-state index is 0.188. The second-order valence-corrected chi connectivity index (χ2v) is 5.60. The van der Waals surface area contributed by atoms with Gasteiger partial charge in [-0.15, -0.1) is 11.3 Å². The molecule has 0 saturated heterocycles. The second kappa shape index (κ2) is 7.40. The van der Waals surface area contributed by atoms with Crippen LogP contribution in [0.3, 0.4) is 0 Å². The molecule has 0 aliphatic carbocycles. The molecule has 1 aromatic heterocycles. The maximum Gasteiger partial charge on any atom is 0.0541 e. The summed E-state index contributed by atoms with van der Waals surface area (Å²) in [6.45, 7) is 2.91. The van der Waals surface area contributed by atoms with E-state index in [-0.39, 0.29) is 12.6 Å². The highest BCUT2D eigenvalue weighted by Crippen LogP contribution is 2.25. The highest BCUT2D eigenvalue weighted by Gasteiger charge is 2.15. The van der Waals surface area contributed by atoms with Crippen molar-refractivity contribution in [3.63, 3.8) is 0 Å². The summed E-state index contributed by atoms with van der Waals surface area (Å²) in [6, 6.07) is 2.62. The molecule has 0 bridgehead atoms. The van der Waals surface area contributed by atoms with Crippen LogP contribution in [-0.2, 0) is 0 Å². The van der Waals surface area contributed by atoms with E-state index in [0.29, 0.717) is 12.6 Å². The summed E-state index contributed by atoms with van der Waals surface area (Å²) >= 11 is 5.15. The van der Waals surface area contributed by atoms with Gasteiger partial charge in [0.05, 0.1) is 6.04 Å². The van der Waals surface area contributed by atoms with Crippen molar-refractivity contribution in [2.24, 2.45) is 5.73 Å². The first-order valence-corrected chi connectivity index (χ1v) is 7.19. The smallest absolute Gasteiger partial charge is 0.0541 e. The number of hydrogen-bond acceptors (Lipinski definition) is 4. The molecular weight excluding hydrogens is 288 g/mol. The monoisotopic (exact) mass is 306 g/mol. The van der Waals surface area contributed by atoms with Gasteiger partial charge in [-0.1, -0.05) is 6.92 Å². The van der Waals surface area contributed by atoms with Crippen LogP contribution in [0.4, 0.5) is 0 Å². The maximum absolute atomic E-state index is 8.95. The Kier molecular flexibility index (Phi) is 6.53. The van der Waals surface area contributed by atoms with E-state index < -0.39 is 0 Å². The zero-order chi connectivity index (χ0) is 12.0. The van der Waals surface area contributed by atoms with E-state index in [1.807, 2.05) is 0 Å².